The fourth-order valence-corrected chi connectivity index (χ4v) is 1.49. The SMILES string of the molecule is C[C+](C)CC(C)C(C)C(C)C. The lowest BCUT2D eigenvalue weighted by molar-refractivity contribution is 0.287. The molecule has 66 valence electrons. The number of rotatable bonds is 4. The average molecular weight is 155 g/mol. The molecule has 0 aromatic rings. The highest BCUT2D eigenvalue weighted by Crippen LogP contribution is 2.26. The zero-order valence-corrected chi connectivity index (χ0v) is 8.94. The van der Waals surface area contributed by atoms with Gasteiger partial charge in [-0.05, 0) is 17.8 Å². The van der Waals surface area contributed by atoms with E-state index in [-0.39, 0.29) is 0 Å². The molecule has 0 bridgehead atoms. The van der Waals surface area contributed by atoms with Gasteiger partial charge in [0.1, 0.15) is 0 Å². The van der Waals surface area contributed by atoms with Gasteiger partial charge in [-0.25, -0.2) is 0 Å². The fraction of sp³-hybridized carbons (Fsp3) is 0.909. The molecular formula is C11H23+. The van der Waals surface area contributed by atoms with Gasteiger partial charge in [-0.2, -0.15) is 0 Å². The third-order valence-electron chi connectivity index (χ3n) is 2.68. The molecule has 0 aromatic heterocycles. The molecule has 0 rings (SSSR count). The Kier molecular flexibility index (Phi) is 4.63. The summed E-state index contributed by atoms with van der Waals surface area (Å²) < 4.78 is 0. The highest BCUT2D eigenvalue weighted by atomic mass is 14.2. The van der Waals surface area contributed by atoms with E-state index in [2.05, 4.69) is 41.5 Å². The molecular weight excluding hydrogens is 132 g/mol. The van der Waals surface area contributed by atoms with Crippen molar-refractivity contribution in [3.8, 4) is 0 Å². The summed E-state index contributed by atoms with van der Waals surface area (Å²) in [4.78, 5) is 0. The first kappa shape index (κ1) is 10.9. The lowest BCUT2D eigenvalue weighted by atomic mass is 9.82. The zero-order chi connectivity index (χ0) is 9.02. The molecule has 0 saturated carbocycles. The molecule has 0 radical (unpaired) electrons. The summed E-state index contributed by atoms with van der Waals surface area (Å²) in [6.07, 6.45) is 1.29. The normalized spacial score (nSPS) is 16.6. The molecule has 0 amide bonds. The van der Waals surface area contributed by atoms with Gasteiger partial charge >= 0.3 is 0 Å². The van der Waals surface area contributed by atoms with Crippen molar-refractivity contribution in [2.24, 2.45) is 17.8 Å². The first-order valence-electron chi connectivity index (χ1n) is 4.74. The van der Waals surface area contributed by atoms with Crippen molar-refractivity contribution in [3.05, 3.63) is 5.92 Å². The van der Waals surface area contributed by atoms with E-state index < -0.39 is 0 Å². The van der Waals surface area contributed by atoms with Crippen LogP contribution < -0.4 is 0 Å². The maximum atomic E-state index is 2.36. The minimum absolute atomic E-state index is 0.823. The first-order chi connectivity index (χ1) is 4.95. The molecule has 2 atom stereocenters. The Bertz CT molecular complexity index is 92.2. The van der Waals surface area contributed by atoms with E-state index in [4.69, 9.17) is 0 Å². The van der Waals surface area contributed by atoms with Crippen LogP contribution in [0.5, 0.6) is 0 Å². The van der Waals surface area contributed by atoms with Crippen LogP contribution >= 0.6 is 0 Å². The van der Waals surface area contributed by atoms with E-state index in [9.17, 15) is 0 Å². The third-order valence-corrected chi connectivity index (χ3v) is 2.68. The van der Waals surface area contributed by atoms with Crippen LogP contribution in [0.25, 0.3) is 0 Å². The van der Waals surface area contributed by atoms with E-state index >= 15 is 0 Å². The molecule has 0 spiro atoms. The van der Waals surface area contributed by atoms with Crippen molar-refractivity contribution in [2.75, 3.05) is 0 Å². The van der Waals surface area contributed by atoms with Crippen LogP contribution in [0.15, 0.2) is 0 Å². The Morgan fingerprint density at radius 3 is 1.73 bits per heavy atom. The topological polar surface area (TPSA) is 0 Å². The van der Waals surface area contributed by atoms with Gasteiger partial charge in [-0.1, -0.05) is 27.7 Å². The van der Waals surface area contributed by atoms with E-state index in [1.54, 1.807) is 5.92 Å². The standard InChI is InChI=1S/C11H23/c1-8(2)7-10(5)11(6)9(3)4/h9-11H,7H2,1-6H3/q+1. The van der Waals surface area contributed by atoms with Crippen molar-refractivity contribution in [1.29, 1.82) is 0 Å². The maximum Gasteiger partial charge on any atom is 0.0922 e. The monoisotopic (exact) mass is 155 g/mol. The van der Waals surface area contributed by atoms with Gasteiger partial charge in [0.05, 0.1) is 26.2 Å². The lowest BCUT2D eigenvalue weighted by Gasteiger charge is -2.21. The predicted octanol–water partition coefficient (Wildman–Crippen LogP) is 3.92. The lowest BCUT2D eigenvalue weighted by Crippen LogP contribution is -2.15. The summed E-state index contributed by atoms with van der Waals surface area (Å²) in [6, 6.07) is 0. The molecule has 11 heavy (non-hydrogen) atoms. The van der Waals surface area contributed by atoms with Crippen molar-refractivity contribution in [2.45, 2.75) is 48.0 Å². The van der Waals surface area contributed by atoms with Crippen LogP contribution in [-0.2, 0) is 0 Å². The summed E-state index contributed by atoms with van der Waals surface area (Å²) in [5.41, 5.74) is 0. The van der Waals surface area contributed by atoms with Gasteiger partial charge in [0.25, 0.3) is 0 Å². The molecule has 0 fully saturated rings. The molecule has 0 N–H and O–H groups in total. The highest BCUT2D eigenvalue weighted by Gasteiger charge is 2.20. The molecule has 0 nitrogen and oxygen atoms in total. The summed E-state index contributed by atoms with van der Waals surface area (Å²) >= 11 is 0. The maximum absolute atomic E-state index is 2.36. The van der Waals surface area contributed by atoms with Crippen LogP contribution in [0, 0.1) is 23.7 Å². The molecule has 0 heteroatoms. The second-order valence-electron chi connectivity index (χ2n) is 4.49. The predicted molar refractivity (Wildman–Crippen MR) is 52.4 cm³/mol. The Morgan fingerprint density at radius 1 is 1.00 bits per heavy atom. The second kappa shape index (κ2) is 4.69. The van der Waals surface area contributed by atoms with E-state index in [0.717, 1.165) is 17.8 Å². The number of hydrogen-bond donors (Lipinski definition) is 0. The molecule has 2 unspecified atom stereocenters. The molecule has 0 aliphatic carbocycles. The Labute approximate surface area is 72.4 Å². The second-order valence-corrected chi connectivity index (χ2v) is 4.49. The van der Waals surface area contributed by atoms with E-state index in [1.165, 1.54) is 6.42 Å². The van der Waals surface area contributed by atoms with E-state index in [1.807, 2.05) is 0 Å². The van der Waals surface area contributed by atoms with Gasteiger partial charge in [0, 0.05) is 0 Å². The summed E-state index contributed by atoms with van der Waals surface area (Å²) in [5, 5.41) is 0. The van der Waals surface area contributed by atoms with Crippen LogP contribution in [0.1, 0.15) is 48.0 Å². The summed E-state index contributed by atoms with van der Waals surface area (Å²) in [6.45, 7) is 13.8. The van der Waals surface area contributed by atoms with Gasteiger partial charge in [-0.3, -0.25) is 0 Å². The van der Waals surface area contributed by atoms with Gasteiger partial charge in [0.2, 0.25) is 0 Å². The average Bonchev–Trinajstić information content (AvgIpc) is 1.84. The molecule has 0 heterocycles. The highest BCUT2D eigenvalue weighted by molar-refractivity contribution is 4.81. The number of hydrogen-bond acceptors (Lipinski definition) is 0. The fourth-order valence-electron chi connectivity index (χ4n) is 1.49. The minimum Gasteiger partial charge on any atom is -0.0625 e. The van der Waals surface area contributed by atoms with Gasteiger partial charge in [-0.15, -0.1) is 0 Å². The van der Waals surface area contributed by atoms with Gasteiger partial charge in [0.15, 0.2) is 0 Å². The minimum atomic E-state index is 0.823. The van der Waals surface area contributed by atoms with Crippen molar-refractivity contribution >= 4 is 0 Å². The first-order valence-corrected chi connectivity index (χ1v) is 4.74. The Morgan fingerprint density at radius 2 is 1.45 bits per heavy atom. The van der Waals surface area contributed by atoms with Crippen molar-refractivity contribution < 1.29 is 0 Å². The summed E-state index contributed by atoms with van der Waals surface area (Å²) in [7, 11) is 0. The quantitative estimate of drug-likeness (QED) is 0.540. The molecule has 0 saturated heterocycles. The molecule has 0 aliphatic heterocycles. The summed E-state index contributed by atoms with van der Waals surface area (Å²) in [5.74, 6) is 4.08. The molecule has 0 aromatic carbocycles. The van der Waals surface area contributed by atoms with E-state index in [0.29, 0.717) is 0 Å². The van der Waals surface area contributed by atoms with Crippen LogP contribution in [-0.4, -0.2) is 0 Å². The smallest absolute Gasteiger partial charge is 0.0625 e. The Hall–Kier alpha value is -0.130. The van der Waals surface area contributed by atoms with Crippen molar-refractivity contribution in [3.63, 3.8) is 0 Å². The Balaban J connectivity index is 3.73. The largest absolute Gasteiger partial charge is 0.0922 e. The van der Waals surface area contributed by atoms with Crippen LogP contribution in [0.3, 0.4) is 0 Å². The van der Waals surface area contributed by atoms with Gasteiger partial charge < -0.3 is 0 Å². The van der Waals surface area contributed by atoms with Crippen LogP contribution in [0.2, 0.25) is 0 Å². The third kappa shape index (κ3) is 4.34. The van der Waals surface area contributed by atoms with Crippen molar-refractivity contribution in [1.82, 2.24) is 0 Å². The zero-order valence-electron chi connectivity index (χ0n) is 8.94. The van der Waals surface area contributed by atoms with Crippen LogP contribution in [0.4, 0.5) is 0 Å². The molecule has 0 aliphatic rings.